The van der Waals surface area contributed by atoms with Gasteiger partial charge in [-0.25, -0.2) is 4.98 Å². The van der Waals surface area contributed by atoms with Gasteiger partial charge in [-0.1, -0.05) is 18.2 Å². The molecule has 3 rings (SSSR count). The molecule has 0 aliphatic carbocycles. The lowest BCUT2D eigenvalue weighted by Crippen LogP contribution is -2.31. The number of carbonyl (C=O) groups is 1. The van der Waals surface area contributed by atoms with Crippen molar-refractivity contribution in [2.24, 2.45) is 0 Å². The van der Waals surface area contributed by atoms with E-state index in [9.17, 15) is 9.59 Å². The summed E-state index contributed by atoms with van der Waals surface area (Å²) in [5.74, 6) is -0.445. The van der Waals surface area contributed by atoms with Crippen LogP contribution in [0.25, 0.3) is 10.9 Å². The summed E-state index contributed by atoms with van der Waals surface area (Å²) < 4.78 is 0. The monoisotopic (exact) mass is 308 g/mol. The van der Waals surface area contributed by atoms with Crippen LogP contribution in [0.2, 0.25) is 0 Å². The number of nitrogens with zero attached hydrogens (tertiary/aromatic N) is 2. The van der Waals surface area contributed by atoms with Gasteiger partial charge in [0.05, 0.1) is 22.6 Å². The van der Waals surface area contributed by atoms with E-state index in [0.29, 0.717) is 10.9 Å². The summed E-state index contributed by atoms with van der Waals surface area (Å²) in [6.07, 6.45) is 1.68. The van der Waals surface area contributed by atoms with Gasteiger partial charge in [-0.3, -0.25) is 14.6 Å². The lowest BCUT2D eigenvalue weighted by Gasteiger charge is -2.15. The molecule has 0 aliphatic heterocycles. The number of H-pyrrole nitrogens is 1. The van der Waals surface area contributed by atoms with E-state index < -0.39 is 5.91 Å². The number of hydrogen-bond donors (Lipinski definition) is 2. The van der Waals surface area contributed by atoms with Crippen LogP contribution < -0.4 is 10.9 Å². The molecule has 1 aromatic carbocycles. The Kier molecular flexibility index (Phi) is 3.89. The Labute approximate surface area is 132 Å². The van der Waals surface area contributed by atoms with Gasteiger partial charge in [0.1, 0.15) is 0 Å². The van der Waals surface area contributed by atoms with Crippen molar-refractivity contribution in [3.8, 4) is 0 Å². The van der Waals surface area contributed by atoms with Gasteiger partial charge < -0.3 is 10.3 Å². The highest BCUT2D eigenvalue weighted by atomic mass is 16.2. The zero-order chi connectivity index (χ0) is 16.4. The lowest BCUT2D eigenvalue weighted by molar-refractivity contribution is 0.0928. The number of para-hydroxylation sites is 1. The zero-order valence-electron chi connectivity index (χ0n) is 12.8. The van der Waals surface area contributed by atoms with Gasteiger partial charge in [0.15, 0.2) is 5.82 Å². The molecular weight excluding hydrogens is 292 g/mol. The molecule has 1 amide bonds. The summed E-state index contributed by atoms with van der Waals surface area (Å²) in [6, 6.07) is 10.4. The fourth-order valence-electron chi connectivity index (χ4n) is 2.48. The standard InChI is InChI=1S/C17H16N4O2/c1-10-6-5-9-18-14(10)11(2)19-17(23)15-20-13-8-4-3-7-12(13)16(22)21-15/h3-9,11H,1-2H3,(H,19,23)(H,20,21,22)/t11-/m0/s1. The van der Waals surface area contributed by atoms with Gasteiger partial charge in [0, 0.05) is 6.20 Å². The quantitative estimate of drug-likeness (QED) is 0.776. The number of hydrogen-bond acceptors (Lipinski definition) is 4. The highest BCUT2D eigenvalue weighted by Crippen LogP contribution is 2.14. The summed E-state index contributed by atoms with van der Waals surface area (Å²) in [5.41, 5.74) is 1.93. The topological polar surface area (TPSA) is 87.7 Å². The van der Waals surface area contributed by atoms with E-state index in [1.54, 1.807) is 30.5 Å². The normalized spacial score (nSPS) is 12.1. The number of rotatable bonds is 3. The Morgan fingerprint density at radius 3 is 2.78 bits per heavy atom. The first-order valence-electron chi connectivity index (χ1n) is 7.27. The number of aromatic amines is 1. The SMILES string of the molecule is Cc1cccnc1[C@H](C)NC(=O)c1nc2ccccc2c(=O)[nH]1. The molecule has 116 valence electrons. The van der Waals surface area contributed by atoms with E-state index in [0.717, 1.165) is 11.3 Å². The largest absolute Gasteiger partial charge is 0.341 e. The van der Waals surface area contributed by atoms with Crippen LogP contribution in [0.15, 0.2) is 47.4 Å². The molecule has 6 nitrogen and oxygen atoms in total. The maximum atomic E-state index is 12.4. The van der Waals surface area contributed by atoms with Crippen LogP contribution in [0.4, 0.5) is 0 Å². The number of fused-ring (bicyclic) bond motifs is 1. The molecule has 3 aromatic rings. The highest BCUT2D eigenvalue weighted by molar-refractivity contribution is 5.92. The third-order valence-electron chi connectivity index (χ3n) is 3.64. The summed E-state index contributed by atoms with van der Waals surface area (Å²) in [7, 11) is 0. The number of amides is 1. The van der Waals surface area contributed by atoms with E-state index >= 15 is 0 Å². The molecule has 1 atom stereocenters. The zero-order valence-corrected chi connectivity index (χ0v) is 12.8. The Morgan fingerprint density at radius 1 is 1.22 bits per heavy atom. The fraction of sp³-hybridized carbons (Fsp3) is 0.176. The first kappa shape index (κ1) is 14.9. The fourth-order valence-corrected chi connectivity index (χ4v) is 2.48. The summed E-state index contributed by atoms with van der Waals surface area (Å²) >= 11 is 0. The van der Waals surface area contributed by atoms with Crippen LogP contribution in [-0.4, -0.2) is 20.9 Å². The second-order valence-electron chi connectivity index (χ2n) is 5.33. The van der Waals surface area contributed by atoms with Crippen LogP contribution in [0.1, 0.15) is 34.8 Å². The molecule has 2 N–H and O–H groups in total. The van der Waals surface area contributed by atoms with Crippen molar-refractivity contribution in [1.29, 1.82) is 0 Å². The van der Waals surface area contributed by atoms with E-state index in [4.69, 9.17) is 0 Å². The van der Waals surface area contributed by atoms with E-state index in [-0.39, 0.29) is 17.4 Å². The number of carbonyl (C=O) groups excluding carboxylic acids is 1. The van der Waals surface area contributed by atoms with Crippen molar-refractivity contribution in [1.82, 2.24) is 20.3 Å². The molecule has 0 aliphatic rings. The predicted octanol–water partition coefficient (Wildman–Crippen LogP) is 2.12. The minimum Gasteiger partial charge on any atom is -0.341 e. The Bertz CT molecular complexity index is 933. The van der Waals surface area contributed by atoms with Crippen LogP contribution in [0.5, 0.6) is 0 Å². The molecule has 0 bridgehead atoms. The van der Waals surface area contributed by atoms with Crippen LogP contribution >= 0.6 is 0 Å². The molecule has 0 unspecified atom stereocenters. The summed E-state index contributed by atoms with van der Waals surface area (Å²) in [4.78, 5) is 35.4. The van der Waals surface area contributed by atoms with Crippen molar-refractivity contribution in [2.75, 3.05) is 0 Å². The maximum Gasteiger partial charge on any atom is 0.287 e. The average molecular weight is 308 g/mol. The highest BCUT2D eigenvalue weighted by Gasteiger charge is 2.16. The smallest absolute Gasteiger partial charge is 0.287 e. The average Bonchev–Trinajstić information content (AvgIpc) is 2.55. The van der Waals surface area contributed by atoms with Gasteiger partial charge in [0.2, 0.25) is 0 Å². The molecule has 0 saturated heterocycles. The van der Waals surface area contributed by atoms with E-state index in [2.05, 4.69) is 20.3 Å². The molecule has 0 radical (unpaired) electrons. The lowest BCUT2D eigenvalue weighted by atomic mass is 10.1. The summed E-state index contributed by atoms with van der Waals surface area (Å²) in [6.45, 7) is 3.77. The number of benzene rings is 1. The van der Waals surface area contributed by atoms with Crippen LogP contribution in [-0.2, 0) is 0 Å². The molecular formula is C17H16N4O2. The van der Waals surface area contributed by atoms with Gasteiger partial charge in [-0.15, -0.1) is 0 Å². The second kappa shape index (κ2) is 6.00. The molecule has 2 aromatic heterocycles. The molecule has 0 saturated carbocycles. The third kappa shape index (κ3) is 2.96. The van der Waals surface area contributed by atoms with Crippen molar-refractivity contribution >= 4 is 16.8 Å². The Hall–Kier alpha value is -3.02. The van der Waals surface area contributed by atoms with E-state index in [1.807, 2.05) is 26.0 Å². The molecule has 23 heavy (non-hydrogen) atoms. The van der Waals surface area contributed by atoms with Gasteiger partial charge in [0.25, 0.3) is 11.5 Å². The van der Waals surface area contributed by atoms with Crippen molar-refractivity contribution < 1.29 is 4.79 Å². The minimum absolute atomic E-state index is 0.00543. The molecule has 0 spiro atoms. The van der Waals surface area contributed by atoms with Gasteiger partial charge >= 0.3 is 0 Å². The van der Waals surface area contributed by atoms with Crippen LogP contribution in [0, 0.1) is 6.92 Å². The summed E-state index contributed by atoms with van der Waals surface area (Å²) in [5, 5.41) is 3.27. The molecule has 2 heterocycles. The van der Waals surface area contributed by atoms with E-state index in [1.165, 1.54) is 0 Å². The number of aryl methyl sites for hydroxylation is 1. The number of pyridine rings is 1. The molecule has 0 fully saturated rings. The van der Waals surface area contributed by atoms with Gasteiger partial charge in [-0.2, -0.15) is 0 Å². The Morgan fingerprint density at radius 2 is 2.00 bits per heavy atom. The van der Waals surface area contributed by atoms with Gasteiger partial charge in [-0.05, 0) is 37.6 Å². The third-order valence-corrected chi connectivity index (χ3v) is 3.64. The Balaban J connectivity index is 1.89. The molecule has 6 heteroatoms. The van der Waals surface area contributed by atoms with Crippen molar-refractivity contribution in [3.63, 3.8) is 0 Å². The number of nitrogens with one attached hydrogen (secondary N) is 2. The van der Waals surface area contributed by atoms with Crippen LogP contribution in [0.3, 0.4) is 0 Å². The first-order valence-corrected chi connectivity index (χ1v) is 7.27. The predicted molar refractivity (Wildman–Crippen MR) is 87.2 cm³/mol. The van der Waals surface area contributed by atoms with Crippen molar-refractivity contribution in [3.05, 3.63) is 70.0 Å². The number of aromatic nitrogens is 3. The maximum absolute atomic E-state index is 12.4. The first-order chi connectivity index (χ1) is 11.1. The van der Waals surface area contributed by atoms with Crippen molar-refractivity contribution in [2.45, 2.75) is 19.9 Å². The minimum atomic E-state index is -0.439. The second-order valence-corrected chi connectivity index (χ2v) is 5.33.